The topological polar surface area (TPSA) is 60.4 Å². The standard InChI is InChI=1S/C13H9N3O2.BrH/c17-16(18)11-6-4-10(5-7-11)12-9-15-8-2-1-3-13(15)14-12;/h1-9H;1H. The number of imidazole rings is 1. The van der Waals surface area contributed by atoms with Gasteiger partial charge in [0.15, 0.2) is 0 Å². The molecule has 0 atom stereocenters. The van der Waals surface area contributed by atoms with Gasteiger partial charge in [0, 0.05) is 30.1 Å². The highest BCUT2D eigenvalue weighted by Crippen LogP contribution is 2.21. The number of hydrogen-bond acceptors (Lipinski definition) is 3. The molecule has 0 bridgehead atoms. The first kappa shape index (κ1) is 13.2. The van der Waals surface area contributed by atoms with Gasteiger partial charge in [-0.05, 0) is 24.3 Å². The monoisotopic (exact) mass is 319 g/mol. The lowest BCUT2D eigenvalue weighted by molar-refractivity contribution is -0.384. The summed E-state index contributed by atoms with van der Waals surface area (Å²) in [6.45, 7) is 0. The third-order valence-corrected chi connectivity index (χ3v) is 2.74. The van der Waals surface area contributed by atoms with Gasteiger partial charge in [0.1, 0.15) is 5.65 Å². The van der Waals surface area contributed by atoms with E-state index in [9.17, 15) is 10.1 Å². The highest BCUT2D eigenvalue weighted by Gasteiger charge is 2.07. The molecule has 6 heteroatoms. The van der Waals surface area contributed by atoms with Crippen LogP contribution in [0.2, 0.25) is 0 Å². The lowest BCUT2D eigenvalue weighted by atomic mass is 10.1. The first-order chi connectivity index (χ1) is 8.74. The molecule has 0 saturated carbocycles. The van der Waals surface area contributed by atoms with Crippen molar-refractivity contribution in [2.24, 2.45) is 0 Å². The molecule has 0 radical (unpaired) electrons. The van der Waals surface area contributed by atoms with Crippen molar-refractivity contribution in [2.75, 3.05) is 0 Å². The van der Waals surface area contributed by atoms with Crippen molar-refractivity contribution >= 4 is 28.3 Å². The molecule has 1 aromatic carbocycles. The highest BCUT2D eigenvalue weighted by atomic mass is 79.9. The van der Waals surface area contributed by atoms with Crippen molar-refractivity contribution in [3.63, 3.8) is 0 Å². The second-order valence-electron chi connectivity index (χ2n) is 3.90. The summed E-state index contributed by atoms with van der Waals surface area (Å²) in [6.07, 6.45) is 3.81. The van der Waals surface area contributed by atoms with E-state index < -0.39 is 4.92 Å². The second-order valence-corrected chi connectivity index (χ2v) is 3.90. The predicted molar refractivity (Wildman–Crippen MR) is 77.6 cm³/mol. The zero-order chi connectivity index (χ0) is 12.5. The number of non-ortho nitro benzene ring substituents is 1. The molecule has 5 nitrogen and oxygen atoms in total. The van der Waals surface area contributed by atoms with Crippen LogP contribution in [0.1, 0.15) is 0 Å². The molecule has 2 heterocycles. The Bertz CT molecular complexity index is 689. The molecule has 0 aliphatic heterocycles. The minimum absolute atomic E-state index is 0. The van der Waals surface area contributed by atoms with E-state index in [4.69, 9.17) is 0 Å². The minimum Gasteiger partial charge on any atom is -0.306 e. The quantitative estimate of drug-likeness (QED) is 0.536. The van der Waals surface area contributed by atoms with E-state index >= 15 is 0 Å². The summed E-state index contributed by atoms with van der Waals surface area (Å²) in [5, 5.41) is 10.6. The summed E-state index contributed by atoms with van der Waals surface area (Å²) in [6, 6.07) is 12.1. The Morgan fingerprint density at radius 2 is 1.84 bits per heavy atom. The van der Waals surface area contributed by atoms with Crippen LogP contribution in [0.3, 0.4) is 0 Å². The SMILES string of the molecule is Br.O=[N+]([O-])c1ccc(-c2cn3ccccc3n2)cc1. The number of pyridine rings is 1. The molecule has 0 saturated heterocycles. The van der Waals surface area contributed by atoms with Gasteiger partial charge in [-0.2, -0.15) is 0 Å². The van der Waals surface area contributed by atoms with Gasteiger partial charge in [0.05, 0.1) is 10.6 Å². The molecule has 19 heavy (non-hydrogen) atoms. The molecular formula is C13H10BrN3O2. The molecule has 0 unspecified atom stereocenters. The molecule has 0 fully saturated rings. The normalized spacial score (nSPS) is 10.1. The zero-order valence-corrected chi connectivity index (χ0v) is 11.5. The smallest absolute Gasteiger partial charge is 0.269 e. The van der Waals surface area contributed by atoms with E-state index in [1.165, 1.54) is 12.1 Å². The van der Waals surface area contributed by atoms with Crippen LogP contribution in [0.15, 0.2) is 54.9 Å². The number of halogens is 1. The van der Waals surface area contributed by atoms with Gasteiger partial charge in [-0.25, -0.2) is 4.98 Å². The Morgan fingerprint density at radius 3 is 2.47 bits per heavy atom. The number of fused-ring (bicyclic) bond motifs is 1. The van der Waals surface area contributed by atoms with Crippen molar-refractivity contribution in [1.82, 2.24) is 9.38 Å². The Balaban J connectivity index is 0.00000133. The lowest BCUT2D eigenvalue weighted by Gasteiger charge is -1.95. The molecule has 0 aliphatic carbocycles. The summed E-state index contributed by atoms with van der Waals surface area (Å²) < 4.78 is 1.91. The van der Waals surface area contributed by atoms with E-state index in [0.29, 0.717) is 0 Å². The minimum atomic E-state index is -0.409. The van der Waals surface area contributed by atoms with Gasteiger partial charge in [0.2, 0.25) is 0 Å². The van der Waals surface area contributed by atoms with E-state index in [-0.39, 0.29) is 22.7 Å². The molecule has 0 amide bonds. The van der Waals surface area contributed by atoms with E-state index in [1.54, 1.807) is 12.1 Å². The van der Waals surface area contributed by atoms with Crippen molar-refractivity contribution in [1.29, 1.82) is 0 Å². The Kier molecular flexibility index (Phi) is 3.62. The fourth-order valence-corrected chi connectivity index (χ4v) is 1.83. The predicted octanol–water partition coefficient (Wildman–Crippen LogP) is 3.49. The fraction of sp³-hybridized carbons (Fsp3) is 0. The lowest BCUT2D eigenvalue weighted by Crippen LogP contribution is -1.87. The van der Waals surface area contributed by atoms with Crippen LogP contribution in [0.5, 0.6) is 0 Å². The maximum Gasteiger partial charge on any atom is 0.269 e. The van der Waals surface area contributed by atoms with Gasteiger partial charge in [0.25, 0.3) is 5.69 Å². The van der Waals surface area contributed by atoms with Crippen LogP contribution in [0, 0.1) is 10.1 Å². The molecule has 0 spiro atoms. The number of nitro groups is 1. The van der Waals surface area contributed by atoms with Crippen LogP contribution in [0.25, 0.3) is 16.9 Å². The summed E-state index contributed by atoms with van der Waals surface area (Å²) in [5.41, 5.74) is 2.61. The summed E-state index contributed by atoms with van der Waals surface area (Å²) in [7, 11) is 0. The Morgan fingerprint density at radius 1 is 1.11 bits per heavy atom. The van der Waals surface area contributed by atoms with Gasteiger partial charge in [-0.1, -0.05) is 6.07 Å². The second kappa shape index (κ2) is 5.19. The maximum atomic E-state index is 10.6. The Hall–Kier alpha value is -2.21. The molecule has 3 rings (SSSR count). The number of hydrogen-bond donors (Lipinski definition) is 0. The van der Waals surface area contributed by atoms with Crippen molar-refractivity contribution < 1.29 is 4.92 Å². The Labute approximate surface area is 119 Å². The third kappa shape index (κ3) is 2.48. The first-order valence-electron chi connectivity index (χ1n) is 5.42. The summed E-state index contributed by atoms with van der Waals surface area (Å²) >= 11 is 0. The number of nitrogens with zero attached hydrogens (tertiary/aromatic N) is 3. The van der Waals surface area contributed by atoms with Crippen LogP contribution < -0.4 is 0 Å². The van der Waals surface area contributed by atoms with Crippen molar-refractivity contribution in [3.8, 4) is 11.3 Å². The number of nitro benzene ring substituents is 1. The third-order valence-electron chi connectivity index (χ3n) is 2.74. The number of aromatic nitrogens is 2. The van der Waals surface area contributed by atoms with Crippen LogP contribution in [-0.4, -0.2) is 14.3 Å². The van der Waals surface area contributed by atoms with Gasteiger partial charge in [-0.3, -0.25) is 10.1 Å². The van der Waals surface area contributed by atoms with Crippen LogP contribution in [-0.2, 0) is 0 Å². The largest absolute Gasteiger partial charge is 0.306 e. The van der Waals surface area contributed by atoms with E-state index in [2.05, 4.69) is 4.98 Å². The average Bonchev–Trinajstić information content (AvgIpc) is 2.82. The van der Waals surface area contributed by atoms with Crippen molar-refractivity contribution in [2.45, 2.75) is 0 Å². The molecule has 2 aromatic heterocycles. The van der Waals surface area contributed by atoms with Crippen molar-refractivity contribution in [3.05, 3.63) is 65.0 Å². The molecular weight excluding hydrogens is 310 g/mol. The molecule has 3 aromatic rings. The van der Waals surface area contributed by atoms with Crippen LogP contribution in [0.4, 0.5) is 5.69 Å². The molecule has 96 valence electrons. The van der Waals surface area contributed by atoms with Gasteiger partial charge in [-0.15, -0.1) is 17.0 Å². The van der Waals surface area contributed by atoms with Gasteiger partial charge < -0.3 is 4.40 Å². The summed E-state index contributed by atoms with van der Waals surface area (Å²) in [4.78, 5) is 14.6. The highest BCUT2D eigenvalue weighted by molar-refractivity contribution is 8.93. The summed E-state index contributed by atoms with van der Waals surface area (Å²) in [5.74, 6) is 0. The van der Waals surface area contributed by atoms with E-state index in [0.717, 1.165) is 16.9 Å². The zero-order valence-electron chi connectivity index (χ0n) is 9.76. The maximum absolute atomic E-state index is 10.6. The molecule has 0 N–H and O–H groups in total. The first-order valence-corrected chi connectivity index (χ1v) is 5.42. The average molecular weight is 320 g/mol. The van der Waals surface area contributed by atoms with E-state index in [1.807, 2.05) is 35.0 Å². The molecule has 0 aliphatic rings. The van der Waals surface area contributed by atoms with Gasteiger partial charge >= 0.3 is 0 Å². The number of benzene rings is 1. The fourth-order valence-electron chi connectivity index (χ4n) is 1.83. The van der Waals surface area contributed by atoms with Crippen LogP contribution >= 0.6 is 17.0 Å². The number of rotatable bonds is 2.